The number of hydrogen-bond donors (Lipinski definition) is 0. The average molecular weight is 479 g/mol. The standard InChI is InChI=1S/C30H32F2O3/c1-3-34-29-27(31)18-26(19-28(29)32)35-30(33)25-15-13-24(14-16-25)23-11-9-21(10-12-23)17-20(2)22-7-5-4-6-8-22/h4-12,18-20,24-25H,3,13-17H2,1-2H3/t20-,24?,25?/m1/s1. The van der Waals surface area contributed by atoms with Gasteiger partial charge in [0.1, 0.15) is 5.75 Å². The molecule has 1 saturated carbocycles. The van der Waals surface area contributed by atoms with Crippen LogP contribution in [0.3, 0.4) is 0 Å². The van der Waals surface area contributed by atoms with Crippen molar-refractivity contribution < 1.29 is 23.0 Å². The molecule has 5 heteroatoms. The summed E-state index contributed by atoms with van der Waals surface area (Å²) in [6.45, 7) is 4.04. The Morgan fingerprint density at radius 1 is 0.943 bits per heavy atom. The summed E-state index contributed by atoms with van der Waals surface area (Å²) in [6, 6.07) is 21.4. The second-order valence-corrected chi connectivity index (χ2v) is 9.38. The van der Waals surface area contributed by atoms with Crippen LogP contribution in [0, 0.1) is 17.6 Å². The van der Waals surface area contributed by atoms with E-state index in [4.69, 9.17) is 9.47 Å². The number of carbonyl (C=O) groups excluding carboxylic acids is 1. The van der Waals surface area contributed by atoms with Crippen molar-refractivity contribution >= 4 is 5.97 Å². The van der Waals surface area contributed by atoms with Crippen molar-refractivity contribution in [2.24, 2.45) is 5.92 Å². The molecule has 3 aromatic rings. The van der Waals surface area contributed by atoms with Crippen molar-refractivity contribution in [1.29, 1.82) is 0 Å². The highest BCUT2D eigenvalue weighted by Gasteiger charge is 2.29. The van der Waals surface area contributed by atoms with Gasteiger partial charge in [-0.1, -0.05) is 61.5 Å². The molecule has 1 fully saturated rings. The Bertz CT molecular complexity index is 1100. The lowest BCUT2D eigenvalue weighted by Gasteiger charge is -2.27. The molecule has 0 radical (unpaired) electrons. The first-order chi connectivity index (χ1) is 16.9. The van der Waals surface area contributed by atoms with E-state index in [9.17, 15) is 13.6 Å². The van der Waals surface area contributed by atoms with Crippen molar-refractivity contribution in [3.05, 3.63) is 95.1 Å². The highest BCUT2D eigenvalue weighted by Crippen LogP contribution is 2.37. The monoisotopic (exact) mass is 478 g/mol. The van der Waals surface area contributed by atoms with Gasteiger partial charge in [0, 0.05) is 12.1 Å². The van der Waals surface area contributed by atoms with Crippen LogP contribution in [0.2, 0.25) is 0 Å². The molecule has 1 aliphatic rings. The summed E-state index contributed by atoms with van der Waals surface area (Å²) in [6.07, 6.45) is 4.14. The molecule has 0 bridgehead atoms. The lowest BCUT2D eigenvalue weighted by Crippen LogP contribution is -2.25. The third kappa shape index (κ3) is 6.27. The molecule has 4 rings (SSSR count). The normalized spacial score (nSPS) is 18.6. The quantitative estimate of drug-likeness (QED) is 0.247. The molecular weight excluding hydrogens is 446 g/mol. The SMILES string of the molecule is CCOc1c(F)cc(OC(=O)C2CCC(c3ccc(C[C@@H](C)c4ccccc4)cc3)CC2)cc1F. The number of benzene rings is 3. The topological polar surface area (TPSA) is 35.5 Å². The maximum Gasteiger partial charge on any atom is 0.314 e. The number of rotatable bonds is 8. The fourth-order valence-electron chi connectivity index (χ4n) is 4.92. The highest BCUT2D eigenvalue weighted by molar-refractivity contribution is 5.75. The average Bonchev–Trinajstić information content (AvgIpc) is 2.87. The first kappa shape index (κ1) is 24.9. The molecule has 3 aromatic carbocycles. The lowest BCUT2D eigenvalue weighted by atomic mass is 9.78. The van der Waals surface area contributed by atoms with E-state index in [1.165, 1.54) is 16.7 Å². The summed E-state index contributed by atoms with van der Waals surface area (Å²) in [4.78, 5) is 12.6. The van der Waals surface area contributed by atoms with E-state index in [0.29, 0.717) is 24.7 Å². The molecule has 35 heavy (non-hydrogen) atoms. The van der Waals surface area contributed by atoms with E-state index >= 15 is 0 Å². The Labute approximate surface area is 206 Å². The number of ether oxygens (including phenoxy) is 2. The van der Waals surface area contributed by atoms with Gasteiger partial charge in [0.05, 0.1) is 12.5 Å². The van der Waals surface area contributed by atoms with Gasteiger partial charge < -0.3 is 9.47 Å². The van der Waals surface area contributed by atoms with Gasteiger partial charge in [-0.05, 0) is 67.6 Å². The van der Waals surface area contributed by atoms with Gasteiger partial charge in [-0.25, -0.2) is 8.78 Å². The molecule has 1 atom stereocenters. The molecule has 0 unspecified atom stereocenters. The van der Waals surface area contributed by atoms with E-state index in [1.54, 1.807) is 6.92 Å². The molecule has 0 N–H and O–H groups in total. The molecule has 0 spiro atoms. The van der Waals surface area contributed by atoms with Crippen molar-refractivity contribution in [2.45, 2.75) is 57.8 Å². The number of carbonyl (C=O) groups is 1. The Kier molecular flexibility index (Phi) is 8.17. The Hall–Kier alpha value is -3.21. The van der Waals surface area contributed by atoms with Crippen molar-refractivity contribution in [3.63, 3.8) is 0 Å². The molecule has 0 heterocycles. The maximum absolute atomic E-state index is 14.1. The van der Waals surface area contributed by atoms with E-state index in [-0.39, 0.29) is 18.3 Å². The summed E-state index contributed by atoms with van der Waals surface area (Å²) >= 11 is 0. The zero-order valence-electron chi connectivity index (χ0n) is 20.3. The van der Waals surface area contributed by atoms with Gasteiger partial charge in [0.25, 0.3) is 0 Å². The van der Waals surface area contributed by atoms with E-state index in [1.807, 2.05) is 6.07 Å². The maximum atomic E-state index is 14.1. The zero-order valence-corrected chi connectivity index (χ0v) is 20.3. The first-order valence-corrected chi connectivity index (χ1v) is 12.4. The van der Waals surface area contributed by atoms with Crippen LogP contribution >= 0.6 is 0 Å². The van der Waals surface area contributed by atoms with Gasteiger partial charge in [0.2, 0.25) is 0 Å². The Morgan fingerprint density at radius 2 is 1.57 bits per heavy atom. The van der Waals surface area contributed by atoms with Crippen LogP contribution in [-0.2, 0) is 11.2 Å². The largest absolute Gasteiger partial charge is 0.488 e. The van der Waals surface area contributed by atoms with Gasteiger partial charge in [-0.3, -0.25) is 4.79 Å². The fourth-order valence-corrected chi connectivity index (χ4v) is 4.92. The van der Waals surface area contributed by atoms with Gasteiger partial charge in [-0.2, -0.15) is 0 Å². The number of halogens is 2. The second kappa shape index (κ2) is 11.5. The van der Waals surface area contributed by atoms with Crippen LogP contribution in [0.5, 0.6) is 11.5 Å². The highest BCUT2D eigenvalue weighted by atomic mass is 19.1. The zero-order chi connectivity index (χ0) is 24.8. The van der Waals surface area contributed by atoms with Crippen LogP contribution in [0.4, 0.5) is 8.78 Å². The second-order valence-electron chi connectivity index (χ2n) is 9.38. The summed E-state index contributed by atoms with van der Waals surface area (Å²) in [7, 11) is 0. The smallest absolute Gasteiger partial charge is 0.314 e. The van der Waals surface area contributed by atoms with Crippen molar-refractivity contribution in [3.8, 4) is 11.5 Å². The van der Waals surface area contributed by atoms with E-state index < -0.39 is 23.4 Å². The molecule has 0 aliphatic heterocycles. The first-order valence-electron chi connectivity index (χ1n) is 12.4. The molecule has 3 nitrogen and oxygen atoms in total. The predicted molar refractivity (Wildman–Crippen MR) is 133 cm³/mol. The fraction of sp³-hybridized carbons (Fsp3) is 0.367. The van der Waals surface area contributed by atoms with E-state index in [0.717, 1.165) is 31.4 Å². The molecular formula is C30H32F2O3. The minimum atomic E-state index is -0.875. The van der Waals surface area contributed by atoms with Crippen LogP contribution in [-0.4, -0.2) is 12.6 Å². The molecule has 184 valence electrons. The van der Waals surface area contributed by atoms with Crippen LogP contribution in [0.25, 0.3) is 0 Å². The minimum absolute atomic E-state index is 0.129. The minimum Gasteiger partial charge on any atom is -0.488 e. The van der Waals surface area contributed by atoms with Gasteiger partial charge >= 0.3 is 5.97 Å². The third-order valence-electron chi connectivity index (χ3n) is 6.90. The Morgan fingerprint density at radius 3 is 2.17 bits per heavy atom. The van der Waals surface area contributed by atoms with E-state index in [2.05, 4.69) is 55.5 Å². The summed E-state index contributed by atoms with van der Waals surface area (Å²) in [5.74, 6) is -2.17. The summed E-state index contributed by atoms with van der Waals surface area (Å²) < 4.78 is 38.4. The lowest BCUT2D eigenvalue weighted by molar-refractivity contribution is -0.140. The number of hydrogen-bond acceptors (Lipinski definition) is 3. The van der Waals surface area contributed by atoms with Crippen LogP contribution in [0.15, 0.2) is 66.7 Å². The summed E-state index contributed by atoms with van der Waals surface area (Å²) in [5, 5.41) is 0. The van der Waals surface area contributed by atoms with Crippen LogP contribution < -0.4 is 9.47 Å². The third-order valence-corrected chi connectivity index (χ3v) is 6.90. The molecule has 0 amide bonds. The predicted octanol–water partition coefficient (Wildman–Crippen LogP) is 7.59. The summed E-state index contributed by atoms with van der Waals surface area (Å²) in [5.41, 5.74) is 3.96. The molecule has 1 aliphatic carbocycles. The molecule has 0 aromatic heterocycles. The van der Waals surface area contributed by atoms with Crippen molar-refractivity contribution in [1.82, 2.24) is 0 Å². The van der Waals surface area contributed by atoms with Gasteiger partial charge in [-0.15, -0.1) is 0 Å². The number of esters is 1. The van der Waals surface area contributed by atoms with Gasteiger partial charge in [0.15, 0.2) is 17.4 Å². The van der Waals surface area contributed by atoms with Crippen molar-refractivity contribution in [2.75, 3.05) is 6.61 Å². The van der Waals surface area contributed by atoms with Crippen LogP contribution in [0.1, 0.15) is 68.1 Å². The molecule has 0 saturated heterocycles. The Balaban J connectivity index is 1.29.